The molecule has 1 aromatic rings. The molecule has 0 atom stereocenters. The van der Waals surface area contributed by atoms with E-state index in [-0.39, 0.29) is 0 Å². The lowest BCUT2D eigenvalue weighted by Gasteiger charge is -2.11. The summed E-state index contributed by atoms with van der Waals surface area (Å²) in [6, 6.07) is 0. The largest absolute Gasteiger partial charge is 0.311 e. The number of nitrogens with one attached hydrogen (secondary N) is 1. The van der Waals surface area contributed by atoms with Gasteiger partial charge in [0.25, 0.3) is 0 Å². The minimum atomic E-state index is 0.530. The van der Waals surface area contributed by atoms with E-state index in [0.29, 0.717) is 6.54 Å². The van der Waals surface area contributed by atoms with Crippen molar-refractivity contribution < 1.29 is 0 Å². The summed E-state index contributed by atoms with van der Waals surface area (Å²) in [5, 5.41) is 11.2. The van der Waals surface area contributed by atoms with Crippen molar-refractivity contribution >= 4 is 0 Å². The molecule has 0 saturated carbocycles. The van der Waals surface area contributed by atoms with Gasteiger partial charge in [0.15, 0.2) is 0 Å². The second kappa shape index (κ2) is 2.95. The van der Waals surface area contributed by atoms with Crippen molar-refractivity contribution in [3.63, 3.8) is 0 Å². The Hall–Kier alpha value is -1.34. The van der Waals surface area contributed by atoms with Crippen LogP contribution in [0.3, 0.4) is 0 Å². The normalized spacial score (nSPS) is 15.2. The zero-order valence-electron chi connectivity index (χ0n) is 6.75. The predicted octanol–water partition coefficient (Wildman–Crippen LogP) is -0.443. The van der Waals surface area contributed by atoms with Crippen LogP contribution in [0.15, 0.2) is 0 Å². The molecule has 4 nitrogen and oxygen atoms in total. The molecule has 0 radical (unpaired) electrons. The van der Waals surface area contributed by atoms with Crippen LogP contribution in [0, 0.1) is 12.3 Å². The van der Waals surface area contributed by atoms with E-state index in [0.717, 1.165) is 25.2 Å². The molecule has 0 spiro atoms. The topological polar surface area (TPSA) is 42.7 Å². The van der Waals surface area contributed by atoms with Crippen LogP contribution in [-0.4, -0.2) is 21.5 Å². The smallest absolute Gasteiger partial charge is 0.103 e. The first-order valence-corrected chi connectivity index (χ1v) is 3.97. The fourth-order valence-corrected chi connectivity index (χ4v) is 1.41. The van der Waals surface area contributed by atoms with Crippen LogP contribution in [0.25, 0.3) is 0 Å². The summed E-state index contributed by atoms with van der Waals surface area (Å²) in [4.78, 5) is 0. The van der Waals surface area contributed by atoms with E-state index in [4.69, 9.17) is 6.42 Å². The third kappa shape index (κ3) is 1.08. The number of hydrogen-bond acceptors (Lipinski definition) is 3. The van der Waals surface area contributed by atoms with Crippen molar-refractivity contribution in [2.45, 2.75) is 19.5 Å². The molecule has 0 aromatic carbocycles. The molecule has 2 rings (SSSR count). The second-order valence-electron chi connectivity index (χ2n) is 2.77. The van der Waals surface area contributed by atoms with Crippen LogP contribution >= 0.6 is 0 Å². The lowest BCUT2D eigenvalue weighted by Crippen LogP contribution is -2.25. The number of aromatic nitrogens is 3. The minimum Gasteiger partial charge on any atom is -0.311 e. The number of fused-ring (bicyclic) bond motifs is 1. The van der Waals surface area contributed by atoms with E-state index in [2.05, 4.69) is 21.5 Å². The van der Waals surface area contributed by atoms with E-state index in [9.17, 15) is 0 Å². The van der Waals surface area contributed by atoms with Crippen LogP contribution in [0.5, 0.6) is 0 Å². The molecule has 1 aliphatic heterocycles. The van der Waals surface area contributed by atoms with Gasteiger partial charge in [-0.1, -0.05) is 11.1 Å². The molecule has 0 saturated heterocycles. The summed E-state index contributed by atoms with van der Waals surface area (Å²) in [5.41, 5.74) is 2.23. The van der Waals surface area contributed by atoms with Gasteiger partial charge in [-0.05, 0) is 0 Å². The Morgan fingerprint density at radius 1 is 1.67 bits per heavy atom. The Bertz CT molecular complexity index is 320. The Morgan fingerprint density at radius 2 is 2.58 bits per heavy atom. The average molecular weight is 162 g/mol. The molecular weight excluding hydrogens is 152 g/mol. The molecule has 12 heavy (non-hydrogen) atoms. The first kappa shape index (κ1) is 7.32. The second-order valence-corrected chi connectivity index (χ2v) is 2.77. The molecule has 0 bridgehead atoms. The van der Waals surface area contributed by atoms with Crippen molar-refractivity contribution in [2.75, 3.05) is 6.54 Å². The Morgan fingerprint density at radius 3 is 3.42 bits per heavy atom. The van der Waals surface area contributed by atoms with Gasteiger partial charge in [0.1, 0.15) is 6.54 Å². The first-order valence-electron chi connectivity index (χ1n) is 3.97. The molecule has 0 aliphatic carbocycles. The van der Waals surface area contributed by atoms with Crippen molar-refractivity contribution in [3.05, 3.63) is 11.4 Å². The maximum Gasteiger partial charge on any atom is 0.103 e. The maximum absolute atomic E-state index is 5.20. The Kier molecular flexibility index (Phi) is 1.80. The van der Waals surface area contributed by atoms with Gasteiger partial charge in [0.05, 0.1) is 11.4 Å². The van der Waals surface area contributed by atoms with Crippen LogP contribution in [-0.2, 0) is 19.5 Å². The van der Waals surface area contributed by atoms with Crippen molar-refractivity contribution in [2.24, 2.45) is 0 Å². The first-order chi connectivity index (χ1) is 5.92. The summed E-state index contributed by atoms with van der Waals surface area (Å²) in [7, 11) is 0. The molecule has 62 valence electrons. The fourth-order valence-electron chi connectivity index (χ4n) is 1.41. The molecule has 1 aromatic heterocycles. The SMILES string of the molecule is C#CCn1nnc2c1CCNC2. The van der Waals surface area contributed by atoms with E-state index in [1.807, 2.05) is 0 Å². The monoisotopic (exact) mass is 162 g/mol. The van der Waals surface area contributed by atoms with Crippen LogP contribution < -0.4 is 5.32 Å². The molecular formula is C8H10N4. The summed E-state index contributed by atoms with van der Waals surface area (Å²) in [6.45, 7) is 2.34. The standard InChI is InChI=1S/C8H10N4/c1-2-5-12-8-3-4-9-6-7(8)10-11-12/h1,9H,3-6H2. The van der Waals surface area contributed by atoms with Crippen LogP contribution in [0.1, 0.15) is 11.4 Å². The quantitative estimate of drug-likeness (QED) is 0.569. The molecule has 0 amide bonds. The molecule has 1 aliphatic rings. The summed E-state index contributed by atoms with van der Waals surface area (Å²) >= 11 is 0. The van der Waals surface area contributed by atoms with Gasteiger partial charge in [-0.2, -0.15) is 0 Å². The number of terminal acetylenes is 1. The summed E-state index contributed by atoms with van der Waals surface area (Å²) in [5.74, 6) is 2.56. The number of rotatable bonds is 1. The number of nitrogens with zero attached hydrogens (tertiary/aromatic N) is 3. The highest BCUT2D eigenvalue weighted by molar-refractivity contribution is 5.14. The highest BCUT2D eigenvalue weighted by Gasteiger charge is 2.14. The lowest BCUT2D eigenvalue weighted by molar-refractivity contribution is 0.591. The zero-order chi connectivity index (χ0) is 8.39. The Balaban J connectivity index is 2.33. The maximum atomic E-state index is 5.20. The zero-order valence-corrected chi connectivity index (χ0v) is 6.75. The average Bonchev–Trinajstić information content (AvgIpc) is 2.50. The van der Waals surface area contributed by atoms with Crippen molar-refractivity contribution in [3.8, 4) is 12.3 Å². The molecule has 2 heterocycles. The highest BCUT2D eigenvalue weighted by Crippen LogP contribution is 2.09. The third-order valence-electron chi connectivity index (χ3n) is 1.99. The van der Waals surface area contributed by atoms with Gasteiger partial charge in [-0.3, -0.25) is 0 Å². The fraction of sp³-hybridized carbons (Fsp3) is 0.500. The predicted molar refractivity (Wildman–Crippen MR) is 44.3 cm³/mol. The van der Waals surface area contributed by atoms with E-state index >= 15 is 0 Å². The summed E-state index contributed by atoms with van der Waals surface area (Å²) < 4.78 is 1.80. The van der Waals surface area contributed by atoms with Crippen molar-refractivity contribution in [1.29, 1.82) is 0 Å². The lowest BCUT2D eigenvalue weighted by atomic mass is 10.2. The molecule has 0 unspecified atom stereocenters. The summed E-state index contributed by atoms with van der Waals surface area (Å²) in [6.07, 6.45) is 6.17. The van der Waals surface area contributed by atoms with Gasteiger partial charge in [0, 0.05) is 19.5 Å². The third-order valence-corrected chi connectivity index (χ3v) is 1.99. The highest BCUT2D eigenvalue weighted by atomic mass is 15.4. The van der Waals surface area contributed by atoms with Gasteiger partial charge in [-0.25, -0.2) is 4.68 Å². The van der Waals surface area contributed by atoms with Gasteiger partial charge in [-0.15, -0.1) is 11.5 Å². The molecule has 1 N–H and O–H groups in total. The molecule has 0 fully saturated rings. The number of hydrogen-bond donors (Lipinski definition) is 1. The Labute approximate surface area is 71.0 Å². The molecule has 4 heteroatoms. The van der Waals surface area contributed by atoms with E-state index in [1.165, 1.54) is 5.69 Å². The van der Waals surface area contributed by atoms with E-state index in [1.54, 1.807) is 4.68 Å². The van der Waals surface area contributed by atoms with Gasteiger partial charge >= 0.3 is 0 Å². The van der Waals surface area contributed by atoms with E-state index < -0.39 is 0 Å². The van der Waals surface area contributed by atoms with Crippen molar-refractivity contribution in [1.82, 2.24) is 20.3 Å². The van der Waals surface area contributed by atoms with Gasteiger partial charge in [0.2, 0.25) is 0 Å². The van der Waals surface area contributed by atoms with Crippen LogP contribution in [0.4, 0.5) is 0 Å². The van der Waals surface area contributed by atoms with Gasteiger partial charge < -0.3 is 5.32 Å². The van der Waals surface area contributed by atoms with Crippen LogP contribution in [0.2, 0.25) is 0 Å². The minimum absolute atomic E-state index is 0.530.